The van der Waals surface area contributed by atoms with Crippen LogP contribution in [0.3, 0.4) is 0 Å². The van der Waals surface area contributed by atoms with Crippen LogP contribution >= 0.6 is 0 Å². The van der Waals surface area contributed by atoms with Crippen LogP contribution in [0.1, 0.15) is 94.9 Å². The number of benzene rings is 6. The van der Waals surface area contributed by atoms with Gasteiger partial charge >= 0.3 is 0 Å². The van der Waals surface area contributed by atoms with Gasteiger partial charge < -0.3 is 14.1 Å². The van der Waals surface area contributed by atoms with Crippen molar-refractivity contribution in [3.05, 3.63) is 150 Å². The van der Waals surface area contributed by atoms with E-state index in [9.17, 15) is 0 Å². The summed E-state index contributed by atoms with van der Waals surface area (Å²) in [6.07, 6.45) is 9.17. The third-order valence-electron chi connectivity index (χ3n) is 15.6. The van der Waals surface area contributed by atoms with Gasteiger partial charge in [-0.25, -0.2) is 0 Å². The monoisotopic (exact) mass is 745 g/mol. The second-order valence-electron chi connectivity index (χ2n) is 19.6. The average Bonchev–Trinajstić information content (AvgIpc) is 3.61. The second-order valence-corrected chi connectivity index (χ2v) is 19.6. The van der Waals surface area contributed by atoms with E-state index in [1.54, 1.807) is 0 Å². The number of nitrogens with zero attached hydrogens (tertiary/aromatic N) is 1. The fourth-order valence-corrected chi connectivity index (χ4v) is 13.1. The van der Waals surface area contributed by atoms with E-state index in [-0.39, 0.29) is 16.2 Å². The van der Waals surface area contributed by atoms with Crippen molar-refractivity contribution in [3.8, 4) is 22.6 Å². The topological polar surface area (TPSA) is 25.6 Å². The molecule has 3 heteroatoms. The minimum absolute atomic E-state index is 0.0130. The van der Waals surface area contributed by atoms with Crippen molar-refractivity contribution in [1.29, 1.82) is 0 Å². The van der Waals surface area contributed by atoms with Crippen LogP contribution in [0.15, 0.2) is 132 Å². The van der Waals surface area contributed by atoms with E-state index in [4.69, 9.17) is 9.15 Å². The largest absolute Gasteiger partial charge is 0.457 e. The third kappa shape index (κ3) is 4.78. The molecule has 3 nitrogen and oxygen atoms in total. The molecular weight excluding hydrogens is 695 g/mol. The third-order valence-corrected chi connectivity index (χ3v) is 15.6. The fourth-order valence-electron chi connectivity index (χ4n) is 13.1. The number of hydrogen-bond acceptors (Lipinski definition) is 3. The summed E-state index contributed by atoms with van der Waals surface area (Å²) in [5, 5.41) is 2.29. The summed E-state index contributed by atoms with van der Waals surface area (Å²) in [7, 11) is 0. The van der Waals surface area contributed by atoms with Gasteiger partial charge in [-0.2, -0.15) is 0 Å². The molecule has 4 bridgehead atoms. The highest BCUT2D eigenvalue weighted by Crippen LogP contribution is 2.69. The molecule has 6 aromatic carbocycles. The highest BCUT2D eigenvalue weighted by Gasteiger charge is 2.61. The highest BCUT2D eigenvalue weighted by molar-refractivity contribution is 6.10. The normalized spacial score (nSPS) is 25.9. The molecule has 1 aliphatic heterocycles. The van der Waals surface area contributed by atoms with E-state index in [0.717, 1.165) is 63.1 Å². The zero-order valence-corrected chi connectivity index (χ0v) is 33.6. The molecule has 0 amide bonds. The predicted octanol–water partition coefficient (Wildman–Crippen LogP) is 14.9. The Labute approximate surface area is 336 Å². The number of hydrogen-bond donors (Lipinski definition) is 0. The minimum Gasteiger partial charge on any atom is -0.457 e. The van der Waals surface area contributed by atoms with Gasteiger partial charge in [0.05, 0.1) is 11.4 Å². The van der Waals surface area contributed by atoms with Crippen LogP contribution in [0.2, 0.25) is 0 Å². The smallest absolute Gasteiger partial charge is 0.159 e. The maximum absolute atomic E-state index is 6.77. The molecule has 2 heterocycles. The SMILES string of the molecule is CC1(C)CCC(C)(C)c2c(N(c3ccc(-c4ccc5c(c4)C4(c6ccccc6O5)C5CC6CC(C5)CC4C6)cc3)c3cccc4c3oc3ccccc34)cccc21. The van der Waals surface area contributed by atoms with Gasteiger partial charge in [-0.05, 0) is 150 Å². The zero-order valence-electron chi connectivity index (χ0n) is 33.6. The van der Waals surface area contributed by atoms with Crippen molar-refractivity contribution in [1.82, 2.24) is 0 Å². The number of furan rings is 1. The summed E-state index contributed by atoms with van der Waals surface area (Å²) in [5.41, 5.74) is 13.7. The Bertz CT molecular complexity index is 2720. The molecule has 1 spiro atoms. The molecule has 6 aliphatic rings. The lowest BCUT2D eigenvalue weighted by molar-refractivity contribution is -0.0452. The Hall–Kier alpha value is -5.28. The van der Waals surface area contributed by atoms with Gasteiger partial charge in [0.1, 0.15) is 17.1 Å². The summed E-state index contributed by atoms with van der Waals surface area (Å²) in [6.45, 7) is 9.70. The molecule has 57 heavy (non-hydrogen) atoms. The van der Waals surface area contributed by atoms with Gasteiger partial charge in [0, 0.05) is 33.0 Å². The Balaban J connectivity index is 1.02. The lowest BCUT2D eigenvalue weighted by Crippen LogP contribution is -2.56. The molecule has 4 fully saturated rings. The number of para-hydroxylation sites is 3. The Morgan fingerprint density at radius 3 is 1.96 bits per heavy atom. The first-order valence-electron chi connectivity index (χ1n) is 21.6. The summed E-state index contributed by atoms with van der Waals surface area (Å²) >= 11 is 0. The van der Waals surface area contributed by atoms with Gasteiger partial charge in [0.25, 0.3) is 0 Å². The van der Waals surface area contributed by atoms with E-state index < -0.39 is 0 Å². The molecule has 7 aromatic rings. The molecule has 13 rings (SSSR count). The van der Waals surface area contributed by atoms with Gasteiger partial charge in [-0.3, -0.25) is 0 Å². The number of fused-ring (bicyclic) bond motifs is 6. The Kier molecular flexibility index (Phi) is 7.05. The van der Waals surface area contributed by atoms with Crippen molar-refractivity contribution < 1.29 is 9.15 Å². The summed E-state index contributed by atoms with van der Waals surface area (Å²) in [5.74, 6) is 5.28. The summed E-state index contributed by atoms with van der Waals surface area (Å²) in [4.78, 5) is 2.48. The van der Waals surface area contributed by atoms with E-state index in [1.807, 2.05) is 0 Å². The van der Waals surface area contributed by atoms with Crippen molar-refractivity contribution in [2.45, 2.75) is 88.9 Å². The minimum atomic E-state index is 0.0130. The quantitative estimate of drug-likeness (QED) is 0.179. The lowest BCUT2D eigenvalue weighted by atomic mass is 9.41. The second kappa shape index (κ2) is 11.9. The van der Waals surface area contributed by atoms with E-state index in [1.165, 1.54) is 77.6 Å². The molecule has 1 aromatic heterocycles. The van der Waals surface area contributed by atoms with Crippen LogP contribution in [0.5, 0.6) is 11.5 Å². The molecule has 0 unspecified atom stereocenters. The first kappa shape index (κ1) is 33.8. The average molecular weight is 746 g/mol. The van der Waals surface area contributed by atoms with Crippen LogP contribution < -0.4 is 9.64 Å². The van der Waals surface area contributed by atoms with Crippen molar-refractivity contribution >= 4 is 39.0 Å². The zero-order chi connectivity index (χ0) is 38.3. The van der Waals surface area contributed by atoms with Crippen molar-refractivity contribution in [3.63, 3.8) is 0 Å². The molecule has 284 valence electrons. The van der Waals surface area contributed by atoms with Crippen LogP contribution in [0.4, 0.5) is 17.1 Å². The lowest BCUT2D eigenvalue weighted by Gasteiger charge is -2.63. The standard InChI is InChI=1S/C54H51NO2/c1-52(2)25-26-53(3,4)50-43(52)14-10-15-45(50)55(46-16-9-12-41-40-11-5-7-17-47(40)57-51(41)46)39-22-19-35(20-23-39)36-21-24-49-44(32-36)54(42-13-6-8-18-48(42)56-49)37-28-33-27-34(30-37)31-38(54)29-33/h5-24,32-34,37-38H,25-31H2,1-4H3. The number of rotatable bonds is 4. The Morgan fingerprint density at radius 1 is 0.526 bits per heavy atom. The first-order valence-corrected chi connectivity index (χ1v) is 21.6. The highest BCUT2D eigenvalue weighted by atomic mass is 16.5. The molecule has 0 atom stereocenters. The van der Waals surface area contributed by atoms with Gasteiger partial charge in [0.2, 0.25) is 0 Å². The number of anilines is 3. The molecule has 0 radical (unpaired) electrons. The van der Waals surface area contributed by atoms with Gasteiger partial charge in [-0.15, -0.1) is 0 Å². The molecule has 0 saturated heterocycles. The van der Waals surface area contributed by atoms with Crippen molar-refractivity contribution in [2.75, 3.05) is 4.90 Å². The van der Waals surface area contributed by atoms with Gasteiger partial charge in [0.15, 0.2) is 5.58 Å². The predicted molar refractivity (Wildman–Crippen MR) is 233 cm³/mol. The van der Waals surface area contributed by atoms with Crippen LogP contribution in [-0.2, 0) is 16.2 Å². The molecule has 5 aliphatic carbocycles. The molecule has 4 saturated carbocycles. The molecular formula is C54H51NO2. The van der Waals surface area contributed by atoms with E-state index >= 15 is 0 Å². The maximum atomic E-state index is 6.77. The van der Waals surface area contributed by atoms with E-state index in [2.05, 4.69) is 160 Å². The van der Waals surface area contributed by atoms with Crippen LogP contribution in [-0.4, -0.2) is 0 Å². The number of ether oxygens (including phenoxy) is 1. The van der Waals surface area contributed by atoms with Crippen LogP contribution in [0, 0.1) is 23.7 Å². The van der Waals surface area contributed by atoms with E-state index in [0.29, 0.717) is 11.8 Å². The molecule has 0 N–H and O–H groups in total. The van der Waals surface area contributed by atoms with Crippen LogP contribution in [0.25, 0.3) is 33.1 Å². The Morgan fingerprint density at radius 2 is 1.16 bits per heavy atom. The van der Waals surface area contributed by atoms with Gasteiger partial charge in [-0.1, -0.05) is 107 Å². The summed E-state index contributed by atoms with van der Waals surface area (Å²) < 4.78 is 13.5. The first-order chi connectivity index (χ1) is 27.7. The van der Waals surface area contributed by atoms with Crippen molar-refractivity contribution in [2.24, 2.45) is 23.7 Å². The fraction of sp³-hybridized carbons (Fsp3) is 0.333. The maximum Gasteiger partial charge on any atom is 0.159 e. The summed E-state index contributed by atoms with van der Waals surface area (Å²) in [6, 6.07) is 47.5.